The third-order valence-corrected chi connectivity index (χ3v) is 6.26. The maximum absolute atomic E-state index is 13.1. The summed E-state index contributed by atoms with van der Waals surface area (Å²) in [4.78, 5) is 31.7. The van der Waals surface area contributed by atoms with Crippen LogP contribution < -0.4 is 11.0 Å². The molecule has 29 heavy (non-hydrogen) atoms. The van der Waals surface area contributed by atoms with Crippen LogP contribution in [-0.2, 0) is 26.1 Å². The van der Waals surface area contributed by atoms with Gasteiger partial charge in [0.25, 0.3) is 11.5 Å². The Morgan fingerprint density at radius 1 is 1.38 bits per heavy atom. The molecule has 0 radical (unpaired) electrons. The summed E-state index contributed by atoms with van der Waals surface area (Å²) in [6.07, 6.45) is -2.03. The second-order valence-electron chi connectivity index (χ2n) is 7.31. The van der Waals surface area contributed by atoms with Crippen LogP contribution in [0, 0.1) is 12.8 Å². The number of aromatic nitrogens is 4. The van der Waals surface area contributed by atoms with E-state index >= 15 is 0 Å². The number of nitrogens with zero attached hydrogens (tertiary/aromatic N) is 4. The Morgan fingerprint density at radius 3 is 2.76 bits per heavy atom. The van der Waals surface area contributed by atoms with Crippen molar-refractivity contribution in [3.05, 3.63) is 44.1 Å². The molecular weight excluding hydrogens is 407 g/mol. The molecule has 0 saturated carbocycles. The van der Waals surface area contributed by atoms with Gasteiger partial charge in [-0.1, -0.05) is 6.92 Å². The largest absolute Gasteiger partial charge is 0.433 e. The van der Waals surface area contributed by atoms with Gasteiger partial charge in [0.15, 0.2) is 5.69 Å². The molecule has 0 unspecified atom stereocenters. The van der Waals surface area contributed by atoms with Gasteiger partial charge < -0.3 is 0 Å². The topological polar surface area (TPSA) is 81.8 Å². The Balaban J connectivity index is 1.73. The zero-order valence-electron chi connectivity index (χ0n) is 15.9. The van der Waals surface area contributed by atoms with Gasteiger partial charge in [0.05, 0.1) is 5.39 Å². The zero-order valence-corrected chi connectivity index (χ0v) is 16.7. The van der Waals surface area contributed by atoms with E-state index < -0.39 is 29.0 Å². The maximum atomic E-state index is 13.1. The molecule has 1 aliphatic carbocycles. The molecule has 3 aromatic heterocycles. The molecule has 0 aromatic carbocycles. The molecule has 154 valence electrons. The third-order valence-electron chi connectivity index (χ3n) is 5.11. The molecule has 7 nitrogen and oxygen atoms in total. The summed E-state index contributed by atoms with van der Waals surface area (Å²) in [5, 5.41) is 4.09. The van der Waals surface area contributed by atoms with E-state index in [0.717, 1.165) is 41.4 Å². The van der Waals surface area contributed by atoms with Crippen molar-refractivity contribution in [2.24, 2.45) is 13.0 Å². The Kier molecular flexibility index (Phi) is 4.52. The van der Waals surface area contributed by atoms with E-state index in [1.54, 1.807) is 6.92 Å². The van der Waals surface area contributed by atoms with Crippen molar-refractivity contribution >= 4 is 27.5 Å². The fraction of sp³-hybridized carbons (Fsp3) is 0.444. The number of carbonyl (C=O) groups excluding carboxylic acids is 1. The van der Waals surface area contributed by atoms with Crippen LogP contribution in [-0.4, -0.2) is 25.3 Å². The quantitative estimate of drug-likeness (QED) is 0.684. The van der Waals surface area contributed by atoms with E-state index in [2.05, 4.69) is 22.4 Å². The van der Waals surface area contributed by atoms with Crippen LogP contribution in [0.3, 0.4) is 0 Å². The van der Waals surface area contributed by atoms with Gasteiger partial charge in [0.2, 0.25) is 0 Å². The van der Waals surface area contributed by atoms with E-state index in [9.17, 15) is 22.8 Å². The molecule has 1 aliphatic rings. The Labute approximate surface area is 167 Å². The highest BCUT2D eigenvalue weighted by atomic mass is 32.1. The zero-order chi connectivity index (χ0) is 21.1. The molecule has 1 atom stereocenters. The summed E-state index contributed by atoms with van der Waals surface area (Å²) in [7, 11) is 1.10. The van der Waals surface area contributed by atoms with Crippen LogP contribution in [0.5, 0.6) is 0 Å². The highest BCUT2D eigenvalue weighted by molar-refractivity contribution is 7.18. The summed E-state index contributed by atoms with van der Waals surface area (Å²) < 4.78 is 40.4. The number of aryl methyl sites for hydroxylation is 3. The number of thiophene rings is 1. The second kappa shape index (κ2) is 6.68. The van der Waals surface area contributed by atoms with Gasteiger partial charge >= 0.3 is 6.18 Å². The van der Waals surface area contributed by atoms with E-state index in [0.29, 0.717) is 26.9 Å². The molecule has 1 N–H and O–H groups in total. The Hall–Kier alpha value is -2.69. The fourth-order valence-electron chi connectivity index (χ4n) is 3.63. The second-order valence-corrected chi connectivity index (χ2v) is 8.39. The molecule has 11 heteroatoms. The summed E-state index contributed by atoms with van der Waals surface area (Å²) in [6.45, 7) is 3.72. The first-order valence-corrected chi connectivity index (χ1v) is 9.84. The van der Waals surface area contributed by atoms with Crippen LogP contribution in [0.2, 0.25) is 0 Å². The first kappa shape index (κ1) is 19.6. The molecule has 3 aromatic rings. The van der Waals surface area contributed by atoms with Crippen molar-refractivity contribution in [2.75, 3.05) is 5.43 Å². The molecule has 0 saturated heterocycles. The number of carbonyl (C=O) groups is 1. The minimum absolute atomic E-state index is 0.245. The minimum atomic E-state index is -4.64. The smallest absolute Gasteiger partial charge is 0.267 e. The van der Waals surface area contributed by atoms with E-state index in [-0.39, 0.29) is 5.82 Å². The predicted octanol–water partition coefficient (Wildman–Crippen LogP) is 3.03. The number of hydrogen-bond donors (Lipinski definition) is 1. The van der Waals surface area contributed by atoms with Crippen LogP contribution >= 0.6 is 11.3 Å². The lowest BCUT2D eigenvalue weighted by molar-refractivity contribution is -0.143. The summed E-state index contributed by atoms with van der Waals surface area (Å²) >= 11 is 1.49. The van der Waals surface area contributed by atoms with E-state index in [1.807, 2.05) is 0 Å². The lowest BCUT2D eigenvalue weighted by Gasteiger charge is -2.17. The van der Waals surface area contributed by atoms with Crippen LogP contribution in [0.1, 0.15) is 45.8 Å². The predicted molar refractivity (Wildman–Crippen MR) is 102 cm³/mol. The first-order valence-electron chi connectivity index (χ1n) is 9.02. The average molecular weight is 425 g/mol. The van der Waals surface area contributed by atoms with Crippen molar-refractivity contribution in [1.29, 1.82) is 0 Å². The summed E-state index contributed by atoms with van der Waals surface area (Å²) in [5.41, 5.74) is 1.38. The van der Waals surface area contributed by atoms with E-state index in [1.165, 1.54) is 11.3 Å². The van der Waals surface area contributed by atoms with Gasteiger partial charge in [-0.3, -0.25) is 19.7 Å². The molecule has 1 amide bonds. The molecule has 0 aliphatic heterocycles. The van der Waals surface area contributed by atoms with Gasteiger partial charge in [-0.05, 0) is 37.7 Å². The normalized spacial score (nSPS) is 16.8. The van der Waals surface area contributed by atoms with E-state index in [4.69, 9.17) is 0 Å². The van der Waals surface area contributed by atoms with Gasteiger partial charge in [0.1, 0.15) is 16.3 Å². The van der Waals surface area contributed by atoms with Crippen molar-refractivity contribution in [2.45, 2.75) is 39.3 Å². The summed E-state index contributed by atoms with van der Waals surface area (Å²) in [6, 6.07) is 0.648. The van der Waals surface area contributed by atoms with Crippen molar-refractivity contribution in [3.8, 4) is 0 Å². The molecule has 3 heterocycles. The van der Waals surface area contributed by atoms with Gasteiger partial charge in [-0.2, -0.15) is 18.3 Å². The standard InChI is InChI=1S/C18H18F3N5O2S/c1-8-4-5-10-12(6-8)29-16-14(10)17(28)26(9(2)22-16)24-15(27)11-7-13(18(19,20)21)25(3)23-11/h7-8H,4-6H2,1-3H3,(H,24,27)/t8-/m1/s1. The number of halogens is 3. The average Bonchev–Trinajstić information content (AvgIpc) is 3.18. The van der Waals surface area contributed by atoms with Crippen molar-refractivity contribution < 1.29 is 18.0 Å². The van der Waals surface area contributed by atoms with Gasteiger partial charge in [-0.25, -0.2) is 9.66 Å². The molecule has 0 bridgehead atoms. The number of fused-ring (bicyclic) bond motifs is 3. The Bertz CT molecular complexity index is 1190. The third kappa shape index (κ3) is 3.33. The lowest BCUT2D eigenvalue weighted by atomic mass is 9.89. The lowest BCUT2D eigenvalue weighted by Crippen LogP contribution is -2.35. The van der Waals surface area contributed by atoms with Crippen LogP contribution in [0.4, 0.5) is 13.2 Å². The molecule has 4 rings (SSSR count). The molecule has 0 fully saturated rings. The fourth-order valence-corrected chi connectivity index (χ4v) is 5.04. The minimum Gasteiger partial charge on any atom is -0.267 e. The number of rotatable bonds is 2. The number of hydrogen-bond acceptors (Lipinski definition) is 5. The SMILES string of the molecule is Cc1nc2sc3c(c2c(=O)n1NC(=O)c1cc(C(F)(F)F)n(C)n1)CC[C@@H](C)C3. The number of amides is 1. The highest BCUT2D eigenvalue weighted by Crippen LogP contribution is 2.35. The monoisotopic (exact) mass is 425 g/mol. The van der Waals surface area contributed by atoms with Crippen molar-refractivity contribution in [3.63, 3.8) is 0 Å². The highest BCUT2D eigenvalue weighted by Gasteiger charge is 2.36. The van der Waals surface area contributed by atoms with Crippen LogP contribution in [0.15, 0.2) is 10.9 Å². The van der Waals surface area contributed by atoms with Crippen LogP contribution in [0.25, 0.3) is 10.2 Å². The van der Waals surface area contributed by atoms with Gasteiger partial charge in [-0.15, -0.1) is 11.3 Å². The molecule has 0 spiro atoms. The maximum Gasteiger partial charge on any atom is 0.433 e. The van der Waals surface area contributed by atoms with Gasteiger partial charge in [0, 0.05) is 18.0 Å². The number of alkyl halides is 3. The number of nitrogens with one attached hydrogen (secondary N) is 1. The first-order chi connectivity index (χ1) is 13.6. The summed E-state index contributed by atoms with van der Waals surface area (Å²) in [5.74, 6) is -0.139. The van der Waals surface area contributed by atoms with Crippen molar-refractivity contribution in [1.82, 2.24) is 19.4 Å². The molecular formula is C18H18F3N5O2S. The Morgan fingerprint density at radius 2 is 2.10 bits per heavy atom.